The molecule has 2 rings (SSSR count). The number of aryl methyl sites for hydroxylation is 1. The van der Waals surface area contributed by atoms with E-state index in [1.807, 2.05) is 18.5 Å². The van der Waals surface area contributed by atoms with Crippen LogP contribution in [0, 0.1) is 6.92 Å². The van der Waals surface area contributed by atoms with E-state index in [1.165, 1.54) is 43.2 Å². The number of pyridine rings is 1. The van der Waals surface area contributed by atoms with Crippen molar-refractivity contribution in [3.8, 4) is 0 Å². The summed E-state index contributed by atoms with van der Waals surface area (Å²) < 4.78 is 0. The molecule has 0 aromatic carbocycles. The van der Waals surface area contributed by atoms with Crippen LogP contribution in [0.1, 0.15) is 49.3 Å². The molecular formula is C14H23N3S. The Labute approximate surface area is 114 Å². The van der Waals surface area contributed by atoms with Gasteiger partial charge in [0.15, 0.2) is 0 Å². The van der Waals surface area contributed by atoms with Gasteiger partial charge in [0, 0.05) is 23.4 Å². The summed E-state index contributed by atoms with van der Waals surface area (Å²) >= 11 is 2.06. The van der Waals surface area contributed by atoms with Gasteiger partial charge in [-0.15, -0.1) is 0 Å². The zero-order chi connectivity index (χ0) is 12.8. The standard InChI is InChI=1S/C14H23N3S/c1-11-7-8-16-9-13(11)14(17-15)10-18-12-5-3-2-4-6-12/h7-9,12,14,17H,2-6,10,15H2,1H3. The SMILES string of the molecule is Cc1ccncc1C(CSC1CCCCC1)NN. The third kappa shape index (κ3) is 3.70. The van der Waals surface area contributed by atoms with Crippen LogP contribution in [0.15, 0.2) is 18.5 Å². The van der Waals surface area contributed by atoms with E-state index < -0.39 is 0 Å². The highest BCUT2D eigenvalue weighted by atomic mass is 32.2. The average molecular weight is 265 g/mol. The summed E-state index contributed by atoms with van der Waals surface area (Å²) in [6.07, 6.45) is 10.7. The first-order chi connectivity index (χ1) is 8.81. The number of nitrogens with zero attached hydrogens (tertiary/aromatic N) is 1. The maximum atomic E-state index is 5.70. The molecule has 0 spiro atoms. The highest BCUT2D eigenvalue weighted by Crippen LogP contribution is 2.31. The molecule has 0 amide bonds. The molecule has 100 valence electrons. The Balaban J connectivity index is 1.91. The molecule has 1 saturated carbocycles. The lowest BCUT2D eigenvalue weighted by Crippen LogP contribution is -2.31. The third-order valence-electron chi connectivity index (χ3n) is 3.71. The minimum absolute atomic E-state index is 0.214. The van der Waals surface area contributed by atoms with Crippen molar-refractivity contribution in [2.24, 2.45) is 5.84 Å². The number of hydrogen-bond acceptors (Lipinski definition) is 4. The number of rotatable bonds is 5. The molecule has 0 radical (unpaired) electrons. The Hall–Kier alpha value is -0.580. The lowest BCUT2D eigenvalue weighted by atomic mass is 10.0. The van der Waals surface area contributed by atoms with Crippen molar-refractivity contribution < 1.29 is 0 Å². The van der Waals surface area contributed by atoms with Crippen LogP contribution in [0.25, 0.3) is 0 Å². The number of hydrazine groups is 1. The van der Waals surface area contributed by atoms with Crippen molar-refractivity contribution in [1.82, 2.24) is 10.4 Å². The first kappa shape index (κ1) is 13.8. The van der Waals surface area contributed by atoms with E-state index in [4.69, 9.17) is 5.84 Å². The van der Waals surface area contributed by atoms with Crippen LogP contribution in [0.4, 0.5) is 0 Å². The largest absolute Gasteiger partial charge is 0.271 e. The van der Waals surface area contributed by atoms with E-state index in [2.05, 4.69) is 29.1 Å². The van der Waals surface area contributed by atoms with Gasteiger partial charge in [0.05, 0.1) is 6.04 Å². The summed E-state index contributed by atoms with van der Waals surface area (Å²) in [4.78, 5) is 4.20. The van der Waals surface area contributed by atoms with Crippen LogP contribution in [0.5, 0.6) is 0 Å². The summed E-state index contributed by atoms with van der Waals surface area (Å²) in [5.74, 6) is 6.73. The zero-order valence-corrected chi connectivity index (χ0v) is 11.9. The minimum Gasteiger partial charge on any atom is -0.271 e. The van der Waals surface area contributed by atoms with Crippen LogP contribution in [-0.2, 0) is 0 Å². The van der Waals surface area contributed by atoms with Crippen molar-refractivity contribution in [2.45, 2.75) is 50.3 Å². The van der Waals surface area contributed by atoms with E-state index in [9.17, 15) is 0 Å². The Bertz CT molecular complexity index is 364. The van der Waals surface area contributed by atoms with Gasteiger partial charge in [0.25, 0.3) is 0 Å². The molecule has 0 saturated heterocycles. The Morgan fingerprint density at radius 2 is 2.22 bits per heavy atom. The predicted octanol–water partition coefficient (Wildman–Crippen LogP) is 2.96. The van der Waals surface area contributed by atoms with E-state index in [-0.39, 0.29) is 6.04 Å². The minimum atomic E-state index is 0.214. The highest BCUT2D eigenvalue weighted by molar-refractivity contribution is 7.99. The van der Waals surface area contributed by atoms with Gasteiger partial charge in [-0.1, -0.05) is 19.3 Å². The molecule has 1 fully saturated rings. The van der Waals surface area contributed by atoms with Gasteiger partial charge in [0.1, 0.15) is 0 Å². The van der Waals surface area contributed by atoms with E-state index in [0.717, 1.165) is 11.0 Å². The molecule has 0 bridgehead atoms. The Morgan fingerprint density at radius 1 is 1.44 bits per heavy atom. The van der Waals surface area contributed by atoms with E-state index >= 15 is 0 Å². The van der Waals surface area contributed by atoms with Gasteiger partial charge in [-0.05, 0) is 37.0 Å². The monoisotopic (exact) mass is 265 g/mol. The highest BCUT2D eigenvalue weighted by Gasteiger charge is 2.18. The third-order valence-corrected chi connectivity index (χ3v) is 5.18. The number of nitrogens with one attached hydrogen (secondary N) is 1. The van der Waals surface area contributed by atoms with Gasteiger partial charge in [-0.2, -0.15) is 11.8 Å². The van der Waals surface area contributed by atoms with E-state index in [0.29, 0.717) is 0 Å². The van der Waals surface area contributed by atoms with Gasteiger partial charge in [-0.25, -0.2) is 0 Å². The first-order valence-electron chi connectivity index (χ1n) is 6.79. The Morgan fingerprint density at radius 3 is 2.89 bits per heavy atom. The normalized spacial score (nSPS) is 18.8. The topological polar surface area (TPSA) is 50.9 Å². The van der Waals surface area contributed by atoms with Crippen LogP contribution in [0.3, 0.4) is 0 Å². The van der Waals surface area contributed by atoms with Crippen molar-refractivity contribution in [3.63, 3.8) is 0 Å². The molecule has 3 N–H and O–H groups in total. The van der Waals surface area contributed by atoms with Crippen molar-refractivity contribution in [3.05, 3.63) is 29.6 Å². The maximum Gasteiger partial charge on any atom is 0.0568 e. The Kier molecular flexibility index (Phi) is 5.47. The molecule has 3 nitrogen and oxygen atoms in total. The summed E-state index contributed by atoms with van der Waals surface area (Å²) in [5.41, 5.74) is 5.42. The molecule has 4 heteroatoms. The molecule has 1 aromatic heterocycles. The molecule has 1 aliphatic rings. The predicted molar refractivity (Wildman–Crippen MR) is 78.4 cm³/mol. The van der Waals surface area contributed by atoms with Gasteiger partial charge >= 0.3 is 0 Å². The summed E-state index contributed by atoms with van der Waals surface area (Å²) in [6, 6.07) is 2.26. The lowest BCUT2D eigenvalue weighted by Gasteiger charge is -2.24. The molecule has 0 aliphatic heterocycles. The van der Waals surface area contributed by atoms with Crippen LogP contribution in [0.2, 0.25) is 0 Å². The van der Waals surface area contributed by atoms with Gasteiger partial charge in [-0.3, -0.25) is 16.3 Å². The second kappa shape index (κ2) is 7.12. The average Bonchev–Trinajstić information content (AvgIpc) is 2.42. The fourth-order valence-electron chi connectivity index (χ4n) is 2.53. The molecule has 1 aliphatic carbocycles. The van der Waals surface area contributed by atoms with Crippen molar-refractivity contribution in [2.75, 3.05) is 5.75 Å². The quantitative estimate of drug-likeness (QED) is 0.635. The molecule has 1 heterocycles. The van der Waals surface area contributed by atoms with E-state index in [1.54, 1.807) is 0 Å². The zero-order valence-electron chi connectivity index (χ0n) is 11.1. The fraction of sp³-hybridized carbons (Fsp3) is 0.643. The molecular weight excluding hydrogens is 242 g/mol. The summed E-state index contributed by atoms with van der Waals surface area (Å²) in [7, 11) is 0. The maximum absolute atomic E-state index is 5.70. The van der Waals surface area contributed by atoms with Gasteiger partial charge in [0.2, 0.25) is 0 Å². The van der Waals surface area contributed by atoms with Crippen LogP contribution < -0.4 is 11.3 Å². The fourth-order valence-corrected chi connectivity index (χ4v) is 3.94. The van der Waals surface area contributed by atoms with Gasteiger partial charge < -0.3 is 0 Å². The van der Waals surface area contributed by atoms with Crippen molar-refractivity contribution >= 4 is 11.8 Å². The summed E-state index contributed by atoms with van der Waals surface area (Å²) in [5, 5.41) is 0.826. The molecule has 1 unspecified atom stereocenters. The first-order valence-corrected chi connectivity index (χ1v) is 7.84. The molecule has 1 atom stereocenters. The number of nitrogens with two attached hydrogens (primary N) is 1. The second-order valence-electron chi connectivity index (χ2n) is 5.04. The van der Waals surface area contributed by atoms with Crippen LogP contribution in [-0.4, -0.2) is 16.0 Å². The number of hydrogen-bond donors (Lipinski definition) is 2. The number of thioether (sulfide) groups is 1. The van der Waals surface area contributed by atoms with Crippen molar-refractivity contribution in [1.29, 1.82) is 0 Å². The lowest BCUT2D eigenvalue weighted by molar-refractivity contribution is 0.514. The second-order valence-corrected chi connectivity index (χ2v) is 6.38. The summed E-state index contributed by atoms with van der Waals surface area (Å²) in [6.45, 7) is 2.12. The smallest absolute Gasteiger partial charge is 0.0568 e. The number of aromatic nitrogens is 1. The molecule has 1 aromatic rings. The van der Waals surface area contributed by atoms with Crippen LogP contribution >= 0.6 is 11.8 Å². The molecule has 18 heavy (non-hydrogen) atoms.